The molecular formula is C14H11FN2O2S. The molecule has 0 aliphatic rings. The summed E-state index contributed by atoms with van der Waals surface area (Å²) >= 11 is 1.27. The Hall–Kier alpha value is -2.39. The van der Waals surface area contributed by atoms with Gasteiger partial charge in [0.05, 0.1) is 19.1 Å². The first-order chi connectivity index (χ1) is 9.63. The average Bonchev–Trinajstić information content (AvgIpc) is 2.86. The van der Waals surface area contributed by atoms with Gasteiger partial charge in [-0.2, -0.15) is 5.26 Å². The van der Waals surface area contributed by atoms with Crippen LogP contribution in [0.25, 0.3) is 0 Å². The fourth-order valence-corrected chi connectivity index (χ4v) is 2.42. The Bertz CT molecular complexity index is 676. The number of rotatable bonds is 4. The minimum atomic E-state index is -0.508. The number of anilines is 1. The number of benzene rings is 1. The maximum atomic E-state index is 13.5. The fraction of sp³-hybridized carbons (Fsp3) is 0.143. The van der Waals surface area contributed by atoms with Gasteiger partial charge in [0.25, 0.3) is 0 Å². The van der Waals surface area contributed by atoms with E-state index in [1.165, 1.54) is 30.6 Å². The Morgan fingerprint density at radius 1 is 1.50 bits per heavy atom. The smallest absolute Gasteiger partial charge is 0.229 e. The van der Waals surface area contributed by atoms with Crippen LogP contribution in [0.3, 0.4) is 0 Å². The van der Waals surface area contributed by atoms with Crippen molar-refractivity contribution in [3.63, 3.8) is 0 Å². The molecule has 20 heavy (non-hydrogen) atoms. The van der Waals surface area contributed by atoms with Gasteiger partial charge < -0.3 is 10.1 Å². The van der Waals surface area contributed by atoms with Crippen LogP contribution in [0.5, 0.6) is 5.75 Å². The zero-order chi connectivity index (χ0) is 14.5. The van der Waals surface area contributed by atoms with Crippen LogP contribution in [0, 0.1) is 17.1 Å². The zero-order valence-corrected chi connectivity index (χ0v) is 11.5. The first-order valence-corrected chi connectivity index (χ1v) is 6.62. The highest BCUT2D eigenvalue weighted by Crippen LogP contribution is 2.23. The Kier molecular flexibility index (Phi) is 4.33. The Labute approximate surface area is 119 Å². The second-order valence-corrected chi connectivity index (χ2v) is 4.89. The predicted octanol–water partition coefficient (Wildman–Crippen LogP) is 2.95. The summed E-state index contributed by atoms with van der Waals surface area (Å²) in [5, 5.41) is 13.7. The number of carbonyl (C=O) groups is 1. The summed E-state index contributed by atoms with van der Waals surface area (Å²) in [5.41, 5.74) is 0.958. The molecule has 0 bridgehead atoms. The van der Waals surface area contributed by atoms with Gasteiger partial charge in [0.15, 0.2) is 11.6 Å². The molecule has 1 amide bonds. The van der Waals surface area contributed by atoms with E-state index < -0.39 is 5.82 Å². The van der Waals surface area contributed by atoms with Gasteiger partial charge in [-0.3, -0.25) is 4.79 Å². The zero-order valence-electron chi connectivity index (χ0n) is 10.6. The van der Waals surface area contributed by atoms with Crippen molar-refractivity contribution in [2.24, 2.45) is 0 Å². The van der Waals surface area contributed by atoms with Crippen LogP contribution >= 0.6 is 11.3 Å². The van der Waals surface area contributed by atoms with E-state index in [1.54, 1.807) is 17.5 Å². The molecule has 0 atom stereocenters. The molecule has 1 heterocycles. The molecule has 0 aliphatic heterocycles. The van der Waals surface area contributed by atoms with E-state index in [9.17, 15) is 9.18 Å². The molecule has 2 aromatic rings. The molecule has 1 aromatic heterocycles. The van der Waals surface area contributed by atoms with Crippen molar-refractivity contribution >= 4 is 22.2 Å². The number of hydrogen-bond acceptors (Lipinski definition) is 4. The third-order valence-electron chi connectivity index (χ3n) is 2.62. The van der Waals surface area contributed by atoms with E-state index in [0.29, 0.717) is 16.1 Å². The van der Waals surface area contributed by atoms with Crippen molar-refractivity contribution in [3.8, 4) is 11.8 Å². The molecule has 0 radical (unpaired) electrons. The van der Waals surface area contributed by atoms with Gasteiger partial charge >= 0.3 is 0 Å². The van der Waals surface area contributed by atoms with Crippen LogP contribution in [-0.4, -0.2) is 13.0 Å². The summed E-state index contributed by atoms with van der Waals surface area (Å²) in [6.45, 7) is 0. The van der Waals surface area contributed by atoms with Crippen molar-refractivity contribution in [2.45, 2.75) is 6.42 Å². The lowest BCUT2D eigenvalue weighted by atomic mass is 10.1. The van der Waals surface area contributed by atoms with Crippen LogP contribution in [0.2, 0.25) is 0 Å². The van der Waals surface area contributed by atoms with Crippen LogP contribution in [0.1, 0.15) is 11.1 Å². The predicted molar refractivity (Wildman–Crippen MR) is 74.3 cm³/mol. The van der Waals surface area contributed by atoms with Crippen LogP contribution in [0.4, 0.5) is 9.39 Å². The van der Waals surface area contributed by atoms with Crippen molar-refractivity contribution in [1.29, 1.82) is 5.26 Å². The second-order valence-electron chi connectivity index (χ2n) is 3.97. The maximum Gasteiger partial charge on any atom is 0.229 e. The lowest BCUT2D eigenvalue weighted by Gasteiger charge is -2.06. The minimum Gasteiger partial charge on any atom is -0.494 e. The molecule has 1 N–H and O–H groups in total. The molecule has 2 rings (SSSR count). The summed E-state index contributed by atoms with van der Waals surface area (Å²) < 4.78 is 18.3. The number of carbonyl (C=O) groups excluding carboxylic acids is 1. The van der Waals surface area contributed by atoms with Crippen LogP contribution in [0.15, 0.2) is 29.6 Å². The number of hydrogen-bond donors (Lipinski definition) is 1. The average molecular weight is 290 g/mol. The van der Waals surface area contributed by atoms with E-state index in [4.69, 9.17) is 10.00 Å². The first kappa shape index (κ1) is 14.0. The quantitative estimate of drug-likeness (QED) is 0.941. The highest BCUT2D eigenvalue weighted by atomic mass is 32.1. The Morgan fingerprint density at radius 3 is 2.95 bits per heavy atom. The SMILES string of the molecule is COc1ccc(CC(=O)Nc2sccc2C#N)cc1F. The maximum absolute atomic E-state index is 13.5. The van der Waals surface area contributed by atoms with Crippen LogP contribution in [-0.2, 0) is 11.2 Å². The Morgan fingerprint density at radius 2 is 2.30 bits per heavy atom. The second kappa shape index (κ2) is 6.17. The first-order valence-electron chi connectivity index (χ1n) is 5.74. The highest BCUT2D eigenvalue weighted by molar-refractivity contribution is 7.14. The molecule has 1 aromatic carbocycles. The molecule has 102 valence electrons. The molecule has 6 heteroatoms. The summed E-state index contributed by atoms with van der Waals surface area (Å²) in [6, 6.07) is 7.98. The third-order valence-corrected chi connectivity index (χ3v) is 3.45. The molecule has 0 saturated heterocycles. The van der Waals surface area contributed by atoms with Crippen molar-refractivity contribution in [1.82, 2.24) is 0 Å². The summed E-state index contributed by atoms with van der Waals surface area (Å²) in [4.78, 5) is 11.8. The molecular weight excluding hydrogens is 279 g/mol. The molecule has 0 spiro atoms. The standard InChI is InChI=1S/C14H11FN2O2S/c1-19-12-3-2-9(6-11(12)15)7-13(18)17-14-10(8-16)4-5-20-14/h2-6H,7H2,1H3,(H,17,18). The van der Waals surface area contributed by atoms with E-state index in [2.05, 4.69) is 5.32 Å². The van der Waals surface area contributed by atoms with Gasteiger partial charge in [0, 0.05) is 0 Å². The number of amides is 1. The summed E-state index contributed by atoms with van der Waals surface area (Å²) in [6.07, 6.45) is 0.0314. The van der Waals surface area contributed by atoms with Crippen molar-refractivity contribution in [3.05, 3.63) is 46.6 Å². The van der Waals surface area contributed by atoms with Crippen LogP contribution < -0.4 is 10.1 Å². The summed E-state index contributed by atoms with van der Waals surface area (Å²) in [5.74, 6) is -0.667. The van der Waals surface area contributed by atoms with Gasteiger partial charge in [0.1, 0.15) is 11.1 Å². The number of nitrogens with one attached hydrogen (secondary N) is 1. The highest BCUT2D eigenvalue weighted by Gasteiger charge is 2.10. The molecule has 0 aliphatic carbocycles. The molecule has 0 unspecified atom stereocenters. The number of thiophene rings is 1. The number of methoxy groups -OCH3 is 1. The lowest BCUT2D eigenvalue weighted by Crippen LogP contribution is -2.14. The molecule has 0 fully saturated rings. The Balaban J connectivity index is 2.05. The third kappa shape index (κ3) is 3.13. The number of halogens is 1. The normalized spacial score (nSPS) is 9.85. The van der Waals surface area contributed by atoms with E-state index in [1.807, 2.05) is 6.07 Å². The number of nitrogens with zero attached hydrogens (tertiary/aromatic N) is 1. The topological polar surface area (TPSA) is 62.1 Å². The van der Waals surface area contributed by atoms with Gasteiger partial charge in [0.2, 0.25) is 5.91 Å². The van der Waals surface area contributed by atoms with Crippen molar-refractivity contribution in [2.75, 3.05) is 12.4 Å². The number of ether oxygens (including phenoxy) is 1. The number of nitriles is 1. The minimum absolute atomic E-state index is 0.0314. The summed E-state index contributed by atoms with van der Waals surface area (Å²) in [7, 11) is 1.38. The van der Waals surface area contributed by atoms with Crippen molar-refractivity contribution < 1.29 is 13.9 Å². The fourth-order valence-electron chi connectivity index (χ4n) is 1.67. The van der Waals surface area contributed by atoms with Gasteiger partial charge in [-0.05, 0) is 29.1 Å². The largest absolute Gasteiger partial charge is 0.494 e. The monoisotopic (exact) mass is 290 g/mol. The van der Waals surface area contributed by atoms with Gasteiger partial charge in [-0.25, -0.2) is 4.39 Å². The van der Waals surface area contributed by atoms with E-state index in [-0.39, 0.29) is 18.1 Å². The van der Waals surface area contributed by atoms with Gasteiger partial charge in [-0.1, -0.05) is 6.07 Å². The lowest BCUT2D eigenvalue weighted by molar-refractivity contribution is -0.115. The van der Waals surface area contributed by atoms with Gasteiger partial charge in [-0.15, -0.1) is 11.3 Å². The molecule has 0 saturated carbocycles. The molecule has 4 nitrogen and oxygen atoms in total. The van der Waals surface area contributed by atoms with E-state index in [0.717, 1.165) is 0 Å². The van der Waals surface area contributed by atoms with E-state index >= 15 is 0 Å².